The molecular weight excluding hydrogens is 262 g/mol. The lowest BCUT2D eigenvalue weighted by Gasteiger charge is -2.27. The molecule has 0 radical (unpaired) electrons. The van der Waals surface area contributed by atoms with Gasteiger partial charge in [0.25, 0.3) is 0 Å². The summed E-state index contributed by atoms with van der Waals surface area (Å²) in [5.41, 5.74) is 6.18. The van der Waals surface area contributed by atoms with E-state index in [1.54, 1.807) is 19.1 Å². The summed E-state index contributed by atoms with van der Waals surface area (Å²) in [4.78, 5) is 28.7. The Morgan fingerprint density at radius 1 is 1.60 bits per heavy atom. The number of nitrogens with two attached hydrogens (primary N) is 1. The molecule has 1 aromatic rings. The Balaban J connectivity index is 2.09. The topological polar surface area (TPSA) is 110 Å². The lowest BCUT2D eigenvalue weighted by molar-refractivity contribution is -0.120. The van der Waals surface area contributed by atoms with Gasteiger partial charge in [0.1, 0.15) is 11.6 Å². The van der Waals surface area contributed by atoms with Crippen molar-refractivity contribution >= 4 is 29.3 Å². The molecule has 108 valence electrons. The molecule has 2 amide bonds. The van der Waals surface area contributed by atoms with Crippen LogP contribution in [0.3, 0.4) is 0 Å². The molecule has 0 saturated carbocycles. The first-order valence-electron chi connectivity index (χ1n) is 6.32. The Bertz CT molecular complexity index is 520. The molecule has 0 aliphatic carbocycles. The summed E-state index contributed by atoms with van der Waals surface area (Å²) in [7, 11) is 0. The van der Waals surface area contributed by atoms with Crippen LogP contribution in [0, 0.1) is 0 Å². The van der Waals surface area contributed by atoms with Gasteiger partial charge in [-0.1, -0.05) is 0 Å². The molecule has 20 heavy (non-hydrogen) atoms. The van der Waals surface area contributed by atoms with Crippen LogP contribution in [0.2, 0.25) is 0 Å². The van der Waals surface area contributed by atoms with Crippen LogP contribution >= 0.6 is 0 Å². The Morgan fingerprint density at radius 2 is 2.40 bits per heavy atom. The van der Waals surface area contributed by atoms with Gasteiger partial charge in [-0.3, -0.25) is 10.1 Å². The molecule has 4 N–H and O–H groups in total. The number of hydrogen-bond donors (Lipinski definition) is 3. The number of piperazine rings is 1. The number of nitrogen functional groups attached to an aromatic ring is 1. The number of ether oxygens (including phenoxy) is 1. The van der Waals surface area contributed by atoms with Crippen molar-refractivity contribution in [3.63, 3.8) is 0 Å². The highest BCUT2D eigenvalue weighted by molar-refractivity contribution is 5.88. The van der Waals surface area contributed by atoms with E-state index in [4.69, 9.17) is 10.5 Å². The molecule has 1 fully saturated rings. The number of nitrogens with one attached hydrogen (secondary N) is 2. The highest BCUT2D eigenvalue weighted by Gasteiger charge is 2.18. The monoisotopic (exact) mass is 279 g/mol. The number of nitrogens with zero attached hydrogens (tertiary/aromatic N) is 2. The van der Waals surface area contributed by atoms with E-state index in [0.717, 1.165) is 0 Å². The predicted molar refractivity (Wildman–Crippen MR) is 74.5 cm³/mol. The first kappa shape index (κ1) is 13.9. The van der Waals surface area contributed by atoms with E-state index >= 15 is 0 Å². The van der Waals surface area contributed by atoms with Crippen molar-refractivity contribution in [1.29, 1.82) is 0 Å². The number of amides is 2. The Hall–Kier alpha value is -2.51. The average molecular weight is 279 g/mol. The maximum Gasteiger partial charge on any atom is 0.411 e. The third-order valence-electron chi connectivity index (χ3n) is 2.78. The molecule has 1 aliphatic rings. The number of carbonyl (C=O) groups excluding carboxylic acids is 2. The largest absolute Gasteiger partial charge is 0.450 e. The standard InChI is InChI=1S/C12H17N5O3/c1-2-20-12(19)15-8-3-4-9(16-11(8)13)17-6-5-14-10(18)7-17/h3-4H,2,5-7H2,1H3,(H2,13,16)(H,14,18)(H,15,19). The van der Waals surface area contributed by atoms with Crippen LogP contribution in [0.1, 0.15) is 6.92 Å². The lowest BCUT2D eigenvalue weighted by Crippen LogP contribution is -2.48. The molecule has 0 aromatic carbocycles. The van der Waals surface area contributed by atoms with Crippen LogP contribution < -0.4 is 21.3 Å². The number of rotatable bonds is 3. The molecule has 8 heteroatoms. The van der Waals surface area contributed by atoms with Crippen molar-refractivity contribution in [2.24, 2.45) is 0 Å². The summed E-state index contributed by atoms with van der Waals surface area (Å²) in [6, 6.07) is 3.34. The number of hydrogen-bond acceptors (Lipinski definition) is 6. The van der Waals surface area contributed by atoms with Gasteiger partial charge >= 0.3 is 6.09 Å². The van der Waals surface area contributed by atoms with E-state index < -0.39 is 6.09 Å². The van der Waals surface area contributed by atoms with Gasteiger partial charge in [-0.05, 0) is 19.1 Å². The summed E-state index contributed by atoms with van der Waals surface area (Å²) in [6.07, 6.45) is -0.578. The van der Waals surface area contributed by atoms with Crippen molar-refractivity contribution in [2.75, 3.05) is 42.2 Å². The second-order valence-electron chi connectivity index (χ2n) is 4.22. The van der Waals surface area contributed by atoms with E-state index in [-0.39, 0.29) is 24.9 Å². The van der Waals surface area contributed by atoms with Gasteiger partial charge in [0.2, 0.25) is 5.91 Å². The van der Waals surface area contributed by atoms with Crippen LogP contribution in [-0.2, 0) is 9.53 Å². The fourth-order valence-electron chi connectivity index (χ4n) is 1.86. The number of aromatic nitrogens is 1. The van der Waals surface area contributed by atoms with Crippen molar-refractivity contribution in [1.82, 2.24) is 10.3 Å². The van der Waals surface area contributed by atoms with Gasteiger partial charge in [0.15, 0.2) is 0 Å². The maximum atomic E-state index is 11.3. The Kier molecular flexibility index (Phi) is 4.24. The van der Waals surface area contributed by atoms with Gasteiger partial charge in [-0.2, -0.15) is 0 Å². The van der Waals surface area contributed by atoms with Crippen LogP contribution in [-0.4, -0.2) is 43.2 Å². The van der Waals surface area contributed by atoms with Crippen LogP contribution in [0.5, 0.6) is 0 Å². The van der Waals surface area contributed by atoms with Gasteiger partial charge in [0, 0.05) is 13.1 Å². The fourth-order valence-corrected chi connectivity index (χ4v) is 1.86. The zero-order valence-corrected chi connectivity index (χ0v) is 11.2. The smallest absolute Gasteiger partial charge is 0.411 e. The molecule has 1 aliphatic heterocycles. The summed E-state index contributed by atoms with van der Waals surface area (Å²) < 4.78 is 4.76. The van der Waals surface area contributed by atoms with E-state index in [9.17, 15) is 9.59 Å². The zero-order chi connectivity index (χ0) is 14.5. The van der Waals surface area contributed by atoms with Crippen molar-refractivity contribution in [3.8, 4) is 0 Å². The highest BCUT2D eigenvalue weighted by atomic mass is 16.5. The second kappa shape index (κ2) is 6.09. The predicted octanol–water partition coefficient (Wildman–Crippen LogP) is 0.168. The third kappa shape index (κ3) is 3.28. The summed E-state index contributed by atoms with van der Waals surface area (Å²) in [5.74, 6) is 0.735. The van der Waals surface area contributed by atoms with Gasteiger partial charge in [0.05, 0.1) is 18.8 Å². The maximum absolute atomic E-state index is 11.3. The molecule has 1 aromatic heterocycles. The SMILES string of the molecule is CCOC(=O)Nc1ccc(N2CCNC(=O)C2)nc1N. The fraction of sp³-hybridized carbons (Fsp3) is 0.417. The molecule has 0 unspecified atom stereocenters. The molecular formula is C12H17N5O3. The van der Waals surface area contributed by atoms with Gasteiger partial charge in [-0.15, -0.1) is 0 Å². The van der Waals surface area contributed by atoms with E-state index in [2.05, 4.69) is 15.6 Å². The quantitative estimate of drug-likeness (QED) is 0.727. The summed E-state index contributed by atoms with van der Waals surface area (Å²) >= 11 is 0. The van der Waals surface area contributed by atoms with Crippen LogP contribution in [0.15, 0.2) is 12.1 Å². The van der Waals surface area contributed by atoms with E-state index in [1.165, 1.54) is 0 Å². The molecule has 0 atom stereocenters. The lowest BCUT2D eigenvalue weighted by atomic mass is 10.3. The average Bonchev–Trinajstić information content (AvgIpc) is 2.41. The highest BCUT2D eigenvalue weighted by Crippen LogP contribution is 2.21. The van der Waals surface area contributed by atoms with E-state index in [0.29, 0.717) is 24.6 Å². The molecule has 8 nitrogen and oxygen atoms in total. The number of anilines is 3. The van der Waals surface area contributed by atoms with Gasteiger partial charge in [-0.25, -0.2) is 9.78 Å². The minimum Gasteiger partial charge on any atom is -0.450 e. The minimum atomic E-state index is -0.578. The third-order valence-corrected chi connectivity index (χ3v) is 2.78. The first-order valence-corrected chi connectivity index (χ1v) is 6.32. The number of carbonyl (C=O) groups is 2. The molecule has 1 saturated heterocycles. The van der Waals surface area contributed by atoms with Crippen LogP contribution in [0.25, 0.3) is 0 Å². The van der Waals surface area contributed by atoms with Crippen molar-refractivity contribution in [2.45, 2.75) is 6.92 Å². The molecule has 2 rings (SSSR count). The van der Waals surface area contributed by atoms with E-state index in [1.807, 2.05) is 4.90 Å². The van der Waals surface area contributed by atoms with Crippen molar-refractivity contribution < 1.29 is 14.3 Å². The summed E-state index contributed by atoms with van der Waals surface area (Å²) in [6.45, 7) is 3.48. The Labute approximate surface area is 116 Å². The molecule has 2 heterocycles. The zero-order valence-electron chi connectivity index (χ0n) is 11.2. The van der Waals surface area contributed by atoms with Gasteiger partial charge < -0.3 is 20.7 Å². The number of pyridine rings is 1. The molecule has 0 bridgehead atoms. The van der Waals surface area contributed by atoms with Crippen molar-refractivity contribution in [3.05, 3.63) is 12.1 Å². The second-order valence-corrected chi connectivity index (χ2v) is 4.22. The molecule has 0 spiro atoms. The minimum absolute atomic E-state index is 0.0506. The Morgan fingerprint density at radius 3 is 3.05 bits per heavy atom. The first-order chi connectivity index (χ1) is 9.60. The normalized spacial score (nSPS) is 14.7. The van der Waals surface area contributed by atoms with Crippen LogP contribution in [0.4, 0.5) is 22.1 Å². The summed E-state index contributed by atoms with van der Waals surface area (Å²) in [5, 5.41) is 5.24.